The number of likely N-dealkylation sites (N-methyl/N-ethyl adjacent to an activating group) is 1. The predicted octanol–water partition coefficient (Wildman–Crippen LogP) is 1.81. The Morgan fingerprint density at radius 2 is 2.11 bits per heavy atom. The van der Waals surface area contributed by atoms with E-state index in [1.54, 1.807) is 19.0 Å². The normalized spacial score (nSPS) is 14.3. The van der Waals surface area contributed by atoms with E-state index in [1.165, 1.54) is 11.0 Å². The number of hydrogen-bond acceptors (Lipinski definition) is 2. The minimum atomic E-state index is -0.587. The molecule has 3 nitrogen and oxygen atoms in total. The summed E-state index contributed by atoms with van der Waals surface area (Å²) in [7, 11) is 3.32. The summed E-state index contributed by atoms with van der Waals surface area (Å²) in [6.07, 6.45) is 1.45. The van der Waals surface area contributed by atoms with Crippen LogP contribution in [0.15, 0.2) is 12.1 Å². The fraction of sp³-hybridized carbons (Fsp3) is 0.462. The van der Waals surface area contributed by atoms with Gasteiger partial charge in [0.25, 0.3) is 0 Å². The van der Waals surface area contributed by atoms with E-state index in [-0.39, 0.29) is 12.5 Å². The molecule has 1 heterocycles. The van der Waals surface area contributed by atoms with Crippen LogP contribution in [0.25, 0.3) is 0 Å². The first-order chi connectivity index (χ1) is 8.49. The number of halogens is 2. The van der Waals surface area contributed by atoms with Crippen molar-refractivity contribution in [2.24, 2.45) is 0 Å². The highest BCUT2D eigenvalue weighted by atomic mass is 19.1. The molecule has 0 atom stereocenters. The second kappa shape index (κ2) is 4.92. The van der Waals surface area contributed by atoms with Crippen LogP contribution in [0.4, 0.5) is 14.5 Å². The zero-order valence-electron chi connectivity index (χ0n) is 10.5. The second-order valence-electron chi connectivity index (χ2n) is 4.71. The zero-order valence-corrected chi connectivity index (χ0v) is 10.5. The Kier molecular flexibility index (Phi) is 3.50. The Hall–Kier alpha value is -1.65. The Labute approximate surface area is 105 Å². The zero-order chi connectivity index (χ0) is 13.3. The standard InChI is InChI=1S/C13H16F2N2O/c1-16(2)12(18)8-17-5-3-4-9-6-10(14)7-11(15)13(9)17/h6-7H,3-5,8H2,1-2H3. The smallest absolute Gasteiger partial charge is 0.241 e. The number of benzene rings is 1. The van der Waals surface area contributed by atoms with Gasteiger partial charge in [0.2, 0.25) is 5.91 Å². The summed E-state index contributed by atoms with van der Waals surface area (Å²) in [4.78, 5) is 14.8. The average molecular weight is 254 g/mol. The number of fused-ring (bicyclic) bond motifs is 1. The first-order valence-electron chi connectivity index (χ1n) is 5.92. The molecule has 0 aromatic heterocycles. The van der Waals surface area contributed by atoms with E-state index < -0.39 is 11.6 Å². The highest BCUT2D eigenvalue weighted by Crippen LogP contribution is 2.30. The van der Waals surface area contributed by atoms with Crippen LogP contribution in [0.1, 0.15) is 12.0 Å². The van der Waals surface area contributed by atoms with Crippen molar-refractivity contribution in [2.75, 3.05) is 32.1 Å². The summed E-state index contributed by atoms with van der Waals surface area (Å²) in [6.45, 7) is 0.748. The molecule has 1 aliphatic rings. The highest BCUT2D eigenvalue weighted by Gasteiger charge is 2.23. The van der Waals surface area contributed by atoms with Crippen LogP contribution in [0, 0.1) is 11.6 Å². The van der Waals surface area contributed by atoms with Crippen molar-refractivity contribution in [3.8, 4) is 0 Å². The van der Waals surface area contributed by atoms with Crippen molar-refractivity contribution in [3.63, 3.8) is 0 Å². The van der Waals surface area contributed by atoms with Gasteiger partial charge >= 0.3 is 0 Å². The molecule has 0 saturated heterocycles. The minimum Gasteiger partial charge on any atom is -0.360 e. The highest BCUT2D eigenvalue weighted by molar-refractivity contribution is 5.81. The van der Waals surface area contributed by atoms with E-state index in [9.17, 15) is 13.6 Å². The van der Waals surface area contributed by atoms with E-state index in [2.05, 4.69) is 0 Å². The molecule has 0 unspecified atom stereocenters. The number of rotatable bonds is 2. The third kappa shape index (κ3) is 2.44. The quantitative estimate of drug-likeness (QED) is 0.803. The van der Waals surface area contributed by atoms with Gasteiger partial charge in [0, 0.05) is 26.7 Å². The molecule has 0 spiro atoms. The molecule has 1 aliphatic heterocycles. The maximum atomic E-state index is 13.8. The van der Waals surface area contributed by atoms with Crippen molar-refractivity contribution >= 4 is 11.6 Å². The monoisotopic (exact) mass is 254 g/mol. The van der Waals surface area contributed by atoms with Gasteiger partial charge in [0.1, 0.15) is 11.6 Å². The lowest BCUT2D eigenvalue weighted by molar-refractivity contribution is -0.127. The number of aryl methyl sites for hydroxylation is 1. The lowest BCUT2D eigenvalue weighted by Crippen LogP contribution is -2.39. The maximum Gasteiger partial charge on any atom is 0.241 e. The lowest BCUT2D eigenvalue weighted by Gasteiger charge is -2.31. The molecular formula is C13H16F2N2O. The van der Waals surface area contributed by atoms with Gasteiger partial charge in [-0.05, 0) is 24.5 Å². The third-order valence-electron chi connectivity index (χ3n) is 3.12. The van der Waals surface area contributed by atoms with Crippen LogP contribution >= 0.6 is 0 Å². The van der Waals surface area contributed by atoms with Crippen LogP contribution in [0.2, 0.25) is 0 Å². The van der Waals surface area contributed by atoms with Gasteiger partial charge in [0.15, 0.2) is 0 Å². The van der Waals surface area contributed by atoms with E-state index in [1.807, 2.05) is 0 Å². The van der Waals surface area contributed by atoms with Gasteiger partial charge in [-0.15, -0.1) is 0 Å². The molecule has 0 N–H and O–H groups in total. The molecule has 0 saturated carbocycles. The van der Waals surface area contributed by atoms with E-state index >= 15 is 0 Å². The topological polar surface area (TPSA) is 23.6 Å². The Bertz CT molecular complexity index is 474. The van der Waals surface area contributed by atoms with Crippen LogP contribution < -0.4 is 4.90 Å². The lowest BCUT2D eigenvalue weighted by atomic mass is 10.0. The first-order valence-corrected chi connectivity index (χ1v) is 5.92. The van der Waals surface area contributed by atoms with Crippen molar-refractivity contribution < 1.29 is 13.6 Å². The minimum absolute atomic E-state index is 0.0911. The largest absolute Gasteiger partial charge is 0.360 e. The number of hydrogen-bond donors (Lipinski definition) is 0. The number of amides is 1. The van der Waals surface area contributed by atoms with Gasteiger partial charge in [-0.1, -0.05) is 0 Å². The fourth-order valence-electron chi connectivity index (χ4n) is 2.20. The molecule has 1 amide bonds. The van der Waals surface area contributed by atoms with Crippen molar-refractivity contribution in [1.29, 1.82) is 0 Å². The summed E-state index contributed by atoms with van der Waals surface area (Å²) in [6, 6.07) is 2.22. The second-order valence-corrected chi connectivity index (χ2v) is 4.71. The van der Waals surface area contributed by atoms with E-state index in [0.717, 1.165) is 12.5 Å². The molecule has 0 radical (unpaired) electrons. The molecule has 0 fully saturated rings. The molecule has 1 aromatic carbocycles. The Morgan fingerprint density at radius 3 is 2.78 bits per heavy atom. The van der Waals surface area contributed by atoms with Crippen molar-refractivity contribution in [1.82, 2.24) is 4.90 Å². The van der Waals surface area contributed by atoms with Crippen LogP contribution in [0.5, 0.6) is 0 Å². The molecule has 98 valence electrons. The maximum absolute atomic E-state index is 13.8. The Morgan fingerprint density at radius 1 is 1.39 bits per heavy atom. The molecule has 1 aromatic rings. The summed E-state index contributed by atoms with van der Waals surface area (Å²) in [5.74, 6) is -1.24. The number of nitrogens with zero attached hydrogens (tertiary/aromatic N) is 2. The van der Waals surface area contributed by atoms with Crippen LogP contribution in [0.3, 0.4) is 0 Å². The average Bonchev–Trinajstić information content (AvgIpc) is 2.27. The van der Waals surface area contributed by atoms with Crippen molar-refractivity contribution in [2.45, 2.75) is 12.8 Å². The summed E-state index contributed by atoms with van der Waals surface area (Å²) in [5, 5.41) is 0. The van der Waals surface area contributed by atoms with E-state index in [4.69, 9.17) is 0 Å². The molecule has 0 aliphatic carbocycles. The SMILES string of the molecule is CN(C)C(=O)CN1CCCc2cc(F)cc(F)c21. The van der Waals surface area contributed by atoms with E-state index in [0.29, 0.717) is 24.2 Å². The molecule has 0 bridgehead atoms. The molecule has 2 rings (SSSR count). The van der Waals surface area contributed by atoms with Crippen LogP contribution in [-0.4, -0.2) is 38.0 Å². The number of carbonyl (C=O) groups excluding carboxylic acids is 1. The Balaban J connectivity index is 2.30. The van der Waals surface area contributed by atoms with Gasteiger partial charge in [-0.25, -0.2) is 8.78 Å². The summed E-state index contributed by atoms with van der Waals surface area (Å²) in [5.41, 5.74) is 1.02. The summed E-state index contributed by atoms with van der Waals surface area (Å²) >= 11 is 0. The fourth-order valence-corrected chi connectivity index (χ4v) is 2.20. The van der Waals surface area contributed by atoms with Crippen molar-refractivity contribution in [3.05, 3.63) is 29.3 Å². The first kappa shape index (κ1) is 12.8. The molecule has 18 heavy (non-hydrogen) atoms. The molecular weight excluding hydrogens is 238 g/mol. The number of anilines is 1. The van der Waals surface area contributed by atoms with Gasteiger partial charge in [-0.3, -0.25) is 4.79 Å². The van der Waals surface area contributed by atoms with Gasteiger partial charge in [0.05, 0.1) is 12.2 Å². The molecule has 5 heteroatoms. The van der Waals surface area contributed by atoms with Gasteiger partial charge in [-0.2, -0.15) is 0 Å². The summed E-state index contributed by atoms with van der Waals surface area (Å²) < 4.78 is 27.0. The number of carbonyl (C=O) groups is 1. The van der Waals surface area contributed by atoms with Gasteiger partial charge < -0.3 is 9.80 Å². The third-order valence-corrected chi connectivity index (χ3v) is 3.12. The predicted molar refractivity (Wildman–Crippen MR) is 65.6 cm³/mol. The van der Waals surface area contributed by atoms with Crippen LogP contribution in [-0.2, 0) is 11.2 Å².